The van der Waals surface area contributed by atoms with Crippen LogP contribution in [0.3, 0.4) is 0 Å². The van der Waals surface area contributed by atoms with E-state index in [0.717, 1.165) is 47.4 Å². The second-order valence-electron chi connectivity index (χ2n) is 17.8. The summed E-state index contributed by atoms with van der Waals surface area (Å²) < 4.78 is 44.0. The van der Waals surface area contributed by atoms with Gasteiger partial charge >= 0.3 is 11.9 Å². The van der Waals surface area contributed by atoms with Gasteiger partial charge < -0.3 is 38.3 Å². The van der Waals surface area contributed by atoms with E-state index in [1.807, 2.05) is 121 Å². The summed E-state index contributed by atoms with van der Waals surface area (Å²) in [5.74, 6) is -0.220. The lowest BCUT2D eigenvalue weighted by Crippen LogP contribution is -2.63. The van der Waals surface area contributed by atoms with Crippen molar-refractivity contribution >= 4 is 11.9 Å². The quantitative estimate of drug-likeness (QED) is 0.0365. The number of ether oxygens (including phenoxy) is 7. The molecule has 0 radical (unpaired) electrons. The van der Waals surface area contributed by atoms with Gasteiger partial charge in [-0.2, -0.15) is 0 Å². The van der Waals surface area contributed by atoms with Crippen LogP contribution in [0, 0.1) is 5.92 Å². The van der Waals surface area contributed by atoms with Gasteiger partial charge in [0, 0.05) is 6.42 Å². The highest BCUT2D eigenvalue weighted by Crippen LogP contribution is 2.32. The normalized spacial score (nSPS) is 19.2. The number of hydrogen-bond acceptors (Lipinski definition) is 10. The molecule has 1 fully saturated rings. The van der Waals surface area contributed by atoms with Gasteiger partial charge in [0.1, 0.15) is 37.6 Å². The average molecular weight is 909 g/mol. The Kier molecular flexibility index (Phi) is 25.1. The third-order valence-electron chi connectivity index (χ3n) is 12.1. The molecule has 0 aliphatic carbocycles. The number of carbonyl (C=O) groups is 2. The molecule has 0 aromatic heterocycles. The summed E-state index contributed by atoms with van der Waals surface area (Å²) >= 11 is 0. The summed E-state index contributed by atoms with van der Waals surface area (Å²) in [5.41, 5.74) is 3.51. The molecule has 10 nitrogen and oxygen atoms in total. The summed E-state index contributed by atoms with van der Waals surface area (Å²) in [6, 6.07) is 38.4. The highest BCUT2D eigenvalue weighted by Gasteiger charge is 2.52. The van der Waals surface area contributed by atoms with Crippen molar-refractivity contribution in [3.63, 3.8) is 0 Å². The van der Waals surface area contributed by atoms with Gasteiger partial charge in [-0.25, -0.2) is 4.79 Å². The molecule has 4 aromatic carbocycles. The minimum absolute atomic E-state index is 0.0166. The van der Waals surface area contributed by atoms with Crippen molar-refractivity contribution in [2.24, 2.45) is 5.92 Å². The molecule has 1 saturated heterocycles. The largest absolute Gasteiger partial charge is 0.463 e. The Morgan fingerprint density at radius 2 is 0.955 bits per heavy atom. The van der Waals surface area contributed by atoms with Crippen LogP contribution in [-0.4, -0.2) is 67.1 Å². The molecule has 1 N–H and O–H groups in total. The van der Waals surface area contributed by atoms with Gasteiger partial charge in [-0.1, -0.05) is 219 Å². The highest BCUT2D eigenvalue weighted by atomic mass is 16.7. The predicted octanol–water partition coefficient (Wildman–Crippen LogP) is 11.6. The van der Waals surface area contributed by atoms with Crippen molar-refractivity contribution < 1.29 is 47.9 Å². The number of aliphatic hydroxyl groups is 1. The molecule has 1 aliphatic heterocycles. The van der Waals surface area contributed by atoms with E-state index in [-0.39, 0.29) is 45.6 Å². The molecule has 0 spiro atoms. The average Bonchev–Trinajstić information content (AvgIpc) is 3.35. The lowest BCUT2D eigenvalue weighted by Gasteiger charge is -2.45. The molecule has 66 heavy (non-hydrogen) atoms. The molecule has 360 valence electrons. The van der Waals surface area contributed by atoms with E-state index in [1.165, 1.54) is 70.6 Å². The number of unbranched alkanes of at least 4 members (excludes halogenated alkanes) is 10. The van der Waals surface area contributed by atoms with E-state index in [9.17, 15) is 14.7 Å². The Morgan fingerprint density at radius 1 is 0.515 bits per heavy atom. The fourth-order valence-corrected chi connectivity index (χ4v) is 8.20. The first-order chi connectivity index (χ1) is 32.4. The molecule has 1 heterocycles. The third-order valence-corrected chi connectivity index (χ3v) is 12.1. The number of benzene rings is 4. The Hall–Kier alpha value is -4.42. The lowest BCUT2D eigenvalue weighted by molar-refractivity contribution is -0.323. The fourth-order valence-electron chi connectivity index (χ4n) is 8.20. The lowest BCUT2D eigenvalue weighted by atomic mass is 9.96. The summed E-state index contributed by atoms with van der Waals surface area (Å²) in [6.45, 7) is 4.66. The van der Waals surface area contributed by atoms with Crippen LogP contribution in [0.15, 0.2) is 121 Å². The van der Waals surface area contributed by atoms with Crippen LogP contribution in [-0.2, 0) is 69.2 Å². The zero-order valence-electron chi connectivity index (χ0n) is 39.6. The zero-order valence-corrected chi connectivity index (χ0v) is 39.6. The van der Waals surface area contributed by atoms with Crippen molar-refractivity contribution in [3.05, 3.63) is 144 Å². The van der Waals surface area contributed by atoms with Crippen molar-refractivity contribution in [2.45, 2.75) is 173 Å². The first kappa shape index (κ1) is 52.5. The second-order valence-corrected chi connectivity index (χ2v) is 17.8. The molecule has 0 saturated carbocycles. The third kappa shape index (κ3) is 20.2. The Balaban J connectivity index is 1.17. The second kappa shape index (κ2) is 31.5. The van der Waals surface area contributed by atoms with Crippen LogP contribution in [0.4, 0.5) is 0 Å². The zero-order chi connectivity index (χ0) is 46.4. The summed E-state index contributed by atoms with van der Waals surface area (Å²) in [6.07, 6.45) is 11.1. The molecule has 4 aromatic rings. The number of esters is 2. The van der Waals surface area contributed by atoms with E-state index < -0.39 is 42.8 Å². The SMILES string of the molecule is CCCCCCCC[C@@H](C)CCCCCCCCC(=O)OC[C@@H](O)CO[C@H]1O[C@H](C(=O)OCc2ccccc2)[C@@H](OCc2ccccc2)[C@H](OCc2ccccc2)[C@H]1OCc1ccccc1. The number of hydrogen-bond donors (Lipinski definition) is 1. The Labute approximate surface area is 394 Å². The molecule has 5 rings (SSSR count). The highest BCUT2D eigenvalue weighted by molar-refractivity contribution is 5.76. The van der Waals surface area contributed by atoms with E-state index >= 15 is 0 Å². The maximum atomic E-state index is 14.1. The maximum absolute atomic E-state index is 14.1. The molecule has 0 bridgehead atoms. The molecule has 1 aliphatic rings. The van der Waals surface area contributed by atoms with E-state index in [0.29, 0.717) is 6.42 Å². The fraction of sp³-hybridized carbons (Fsp3) is 0.536. The van der Waals surface area contributed by atoms with Crippen LogP contribution in [0.1, 0.15) is 132 Å². The standard InChI is InChI=1S/C56H76O10/c1-3-4-5-6-9-16-27-44(2)28-17-10-7-8-11-26-37-50(58)60-42-49(57)43-65-56-54(63-40-47-33-22-14-23-34-47)52(62-39-46-31-20-13-21-32-46)51(61-38-45-29-18-12-19-30-45)53(66-56)55(59)64-41-48-35-24-15-25-36-48/h12-15,18-25,29-36,44,49,51-54,56-57H,3-11,16-17,26-28,37-43H2,1-2H3/t44-,49-,51+,52+,53+,54-,56+/m1/s1. The molecule has 0 unspecified atom stereocenters. The molecule has 0 amide bonds. The minimum Gasteiger partial charge on any atom is -0.463 e. The van der Waals surface area contributed by atoms with E-state index in [2.05, 4.69) is 13.8 Å². The minimum atomic E-state index is -1.30. The Morgan fingerprint density at radius 3 is 1.47 bits per heavy atom. The molecular formula is C56H76O10. The van der Waals surface area contributed by atoms with Crippen molar-refractivity contribution in [1.82, 2.24) is 0 Å². The molecular weight excluding hydrogens is 833 g/mol. The monoisotopic (exact) mass is 909 g/mol. The Bertz CT molecular complexity index is 1850. The van der Waals surface area contributed by atoms with Gasteiger partial charge in [-0.15, -0.1) is 0 Å². The first-order valence-electron chi connectivity index (χ1n) is 24.7. The van der Waals surface area contributed by atoms with Crippen LogP contribution in [0.25, 0.3) is 0 Å². The number of carbonyl (C=O) groups excluding carboxylic acids is 2. The van der Waals surface area contributed by atoms with Gasteiger partial charge in [0.15, 0.2) is 12.4 Å². The summed E-state index contributed by atoms with van der Waals surface area (Å²) in [7, 11) is 0. The maximum Gasteiger partial charge on any atom is 0.338 e. The van der Waals surface area contributed by atoms with Gasteiger partial charge in [-0.05, 0) is 34.6 Å². The first-order valence-corrected chi connectivity index (χ1v) is 24.7. The summed E-state index contributed by atoms with van der Waals surface area (Å²) in [4.78, 5) is 26.8. The molecule has 7 atom stereocenters. The number of aliphatic hydroxyl groups excluding tert-OH is 1. The van der Waals surface area contributed by atoms with Crippen LogP contribution >= 0.6 is 0 Å². The van der Waals surface area contributed by atoms with Gasteiger partial charge in [-0.3, -0.25) is 4.79 Å². The van der Waals surface area contributed by atoms with Crippen LogP contribution in [0.5, 0.6) is 0 Å². The van der Waals surface area contributed by atoms with Crippen LogP contribution in [0.2, 0.25) is 0 Å². The summed E-state index contributed by atoms with van der Waals surface area (Å²) in [5, 5.41) is 11.1. The van der Waals surface area contributed by atoms with Crippen molar-refractivity contribution in [3.8, 4) is 0 Å². The predicted molar refractivity (Wildman–Crippen MR) is 257 cm³/mol. The smallest absolute Gasteiger partial charge is 0.338 e. The van der Waals surface area contributed by atoms with E-state index in [1.54, 1.807) is 0 Å². The molecule has 10 heteroatoms. The van der Waals surface area contributed by atoms with Crippen molar-refractivity contribution in [2.75, 3.05) is 13.2 Å². The van der Waals surface area contributed by atoms with Gasteiger partial charge in [0.2, 0.25) is 0 Å². The van der Waals surface area contributed by atoms with Gasteiger partial charge in [0.05, 0.1) is 26.4 Å². The van der Waals surface area contributed by atoms with E-state index in [4.69, 9.17) is 33.2 Å². The number of rotatable bonds is 33. The van der Waals surface area contributed by atoms with Crippen molar-refractivity contribution in [1.29, 1.82) is 0 Å². The van der Waals surface area contributed by atoms with Crippen LogP contribution < -0.4 is 0 Å². The van der Waals surface area contributed by atoms with Gasteiger partial charge in [0.25, 0.3) is 0 Å². The topological polar surface area (TPSA) is 119 Å².